The Bertz CT molecular complexity index is 968. The number of carbonyl (C=O) groups is 2. The predicted octanol–water partition coefficient (Wildman–Crippen LogP) is 4.42. The Kier molecular flexibility index (Phi) is 4.26. The highest BCUT2D eigenvalue weighted by molar-refractivity contribution is 7.14. The van der Waals surface area contributed by atoms with Gasteiger partial charge in [0.15, 0.2) is 5.13 Å². The van der Waals surface area contributed by atoms with Crippen LogP contribution in [0.5, 0.6) is 0 Å². The fourth-order valence-electron chi connectivity index (χ4n) is 3.00. The van der Waals surface area contributed by atoms with E-state index in [2.05, 4.69) is 4.98 Å². The third-order valence-corrected chi connectivity index (χ3v) is 5.14. The molecule has 1 unspecified atom stereocenters. The number of hydrogen-bond donors (Lipinski definition) is 0. The van der Waals surface area contributed by atoms with Gasteiger partial charge in [0.25, 0.3) is 0 Å². The van der Waals surface area contributed by atoms with E-state index in [4.69, 9.17) is 4.74 Å². The van der Waals surface area contributed by atoms with E-state index >= 15 is 0 Å². The zero-order valence-corrected chi connectivity index (χ0v) is 14.9. The average molecular weight is 364 g/mol. The van der Waals surface area contributed by atoms with Crippen molar-refractivity contribution >= 4 is 34.0 Å². The number of thiazole rings is 1. The standard InChI is InChI=1S/C20H16N2O3S/c1-13-12-26-20(21-13)22(14-7-3-2-4-8-14)18(23)11-17-15-9-5-6-10-16(15)19(24)25-17/h2-10,12,17H,11H2,1H3. The molecule has 0 aliphatic carbocycles. The first kappa shape index (κ1) is 16.5. The molecule has 6 heteroatoms. The van der Waals surface area contributed by atoms with E-state index in [0.29, 0.717) is 10.7 Å². The molecular weight excluding hydrogens is 348 g/mol. The van der Waals surface area contributed by atoms with Gasteiger partial charge in [0.2, 0.25) is 5.91 Å². The normalized spacial score (nSPS) is 15.4. The number of fused-ring (bicyclic) bond motifs is 1. The van der Waals surface area contributed by atoms with Gasteiger partial charge in [-0.2, -0.15) is 0 Å². The summed E-state index contributed by atoms with van der Waals surface area (Å²) in [6.45, 7) is 1.89. The van der Waals surface area contributed by atoms with E-state index in [1.807, 2.05) is 54.8 Å². The van der Waals surface area contributed by atoms with Crippen molar-refractivity contribution in [1.29, 1.82) is 0 Å². The van der Waals surface area contributed by atoms with Crippen molar-refractivity contribution < 1.29 is 14.3 Å². The molecule has 130 valence electrons. The van der Waals surface area contributed by atoms with Crippen molar-refractivity contribution in [1.82, 2.24) is 4.98 Å². The topological polar surface area (TPSA) is 59.5 Å². The van der Waals surface area contributed by atoms with E-state index < -0.39 is 6.10 Å². The van der Waals surface area contributed by atoms with Gasteiger partial charge in [-0.1, -0.05) is 36.4 Å². The predicted molar refractivity (Wildman–Crippen MR) is 99.7 cm³/mol. The third-order valence-electron chi connectivity index (χ3n) is 4.20. The lowest BCUT2D eigenvalue weighted by atomic mass is 10.0. The van der Waals surface area contributed by atoms with Crippen LogP contribution >= 0.6 is 11.3 Å². The highest BCUT2D eigenvalue weighted by Gasteiger charge is 2.34. The lowest BCUT2D eigenvalue weighted by molar-refractivity contribution is -0.119. The number of anilines is 2. The molecule has 1 aliphatic heterocycles. The summed E-state index contributed by atoms with van der Waals surface area (Å²) < 4.78 is 5.43. The van der Waals surface area contributed by atoms with Gasteiger partial charge < -0.3 is 4.74 Å². The molecule has 0 fully saturated rings. The molecule has 0 saturated heterocycles. The number of rotatable bonds is 4. The van der Waals surface area contributed by atoms with E-state index in [1.165, 1.54) is 11.3 Å². The van der Waals surface area contributed by atoms with E-state index in [0.717, 1.165) is 16.9 Å². The first-order valence-electron chi connectivity index (χ1n) is 8.23. The number of nitrogens with zero attached hydrogens (tertiary/aromatic N) is 2. The fourth-order valence-corrected chi connectivity index (χ4v) is 3.84. The van der Waals surface area contributed by atoms with Crippen molar-refractivity contribution in [3.63, 3.8) is 0 Å². The van der Waals surface area contributed by atoms with Crippen molar-refractivity contribution in [3.05, 3.63) is 76.8 Å². The van der Waals surface area contributed by atoms with Gasteiger partial charge in [0.05, 0.1) is 23.4 Å². The summed E-state index contributed by atoms with van der Waals surface area (Å²) in [5.41, 5.74) is 2.89. The van der Waals surface area contributed by atoms with Gasteiger partial charge in [-0.05, 0) is 25.1 Å². The lowest BCUT2D eigenvalue weighted by Gasteiger charge is -2.21. The van der Waals surface area contributed by atoms with Crippen LogP contribution in [0.25, 0.3) is 0 Å². The molecule has 2 heterocycles. The number of aromatic nitrogens is 1. The Morgan fingerprint density at radius 1 is 1.15 bits per heavy atom. The van der Waals surface area contributed by atoms with Gasteiger partial charge in [-0.3, -0.25) is 9.69 Å². The van der Waals surface area contributed by atoms with Crippen LogP contribution in [0.4, 0.5) is 10.8 Å². The van der Waals surface area contributed by atoms with Crippen LogP contribution in [0, 0.1) is 6.92 Å². The van der Waals surface area contributed by atoms with Crippen molar-refractivity contribution in [2.75, 3.05) is 4.90 Å². The first-order chi connectivity index (χ1) is 12.6. The van der Waals surface area contributed by atoms with Crippen molar-refractivity contribution in [3.8, 4) is 0 Å². The van der Waals surface area contributed by atoms with Gasteiger partial charge in [-0.25, -0.2) is 9.78 Å². The zero-order valence-electron chi connectivity index (χ0n) is 14.1. The van der Waals surface area contributed by atoms with E-state index in [-0.39, 0.29) is 18.3 Å². The van der Waals surface area contributed by atoms with Crippen LogP contribution in [-0.2, 0) is 9.53 Å². The summed E-state index contributed by atoms with van der Waals surface area (Å²) in [6.07, 6.45) is -0.505. The quantitative estimate of drug-likeness (QED) is 0.643. The van der Waals surface area contributed by atoms with E-state index in [1.54, 1.807) is 17.0 Å². The second-order valence-electron chi connectivity index (χ2n) is 6.02. The Hall–Kier alpha value is -2.99. The maximum atomic E-state index is 13.1. The maximum absolute atomic E-state index is 13.1. The van der Waals surface area contributed by atoms with E-state index in [9.17, 15) is 9.59 Å². The molecular formula is C20H16N2O3S. The van der Waals surface area contributed by atoms with Gasteiger partial charge in [-0.15, -0.1) is 11.3 Å². The number of para-hydroxylation sites is 1. The van der Waals surface area contributed by atoms with Crippen molar-refractivity contribution in [2.24, 2.45) is 0 Å². The molecule has 4 rings (SSSR count). The van der Waals surface area contributed by atoms with Crippen LogP contribution in [0.1, 0.15) is 34.1 Å². The molecule has 2 aromatic carbocycles. The van der Waals surface area contributed by atoms with Gasteiger partial charge >= 0.3 is 5.97 Å². The minimum Gasteiger partial charge on any atom is -0.453 e. The number of hydrogen-bond acceptors (Lipinski definition) is 5. The molecule has 5 nitrogen and oxygen atoms in total. The van der Waals surface area contributed by atoms with Crippen molar-refractivity contribution in [2.45, 2.75) is 19.4 Å². The number of cyclic esters (lactones) is 1. The summed E-state index contributed by atoms with van der Waals surface area (Å²) in [7, 11) is 0. The number of amides is 1. The molecule has 26 heavy (non-hydrogen) atoms. The molecule has 0 bridgehead atoms. The molecule has 1 aromatic heterocycles. The monoisotopic (exact) mass is 364 g/mol. The highest BCUT2D eigenvalue weighted by atomic mass is 32.1. The zero-order chi connectivity index (χ0) is 18.1. The molecule has 1 amide bonds. The van der Waals surface area contributed by atoms with Gasteiger partial charge in [0, 0.05) is 10.9 Å². The molecule has 1 atom stereocenters. The molecule has 3 aromatic rings. The average Bonchev–Trinajstić information content (AvgIpc) is 3.20. The number of benzene rings is 2. The second kappa shape index (κ2) is 6.72. The molecule has 0 spiro atoms. The summed E-state index contributed by atoms with van der Waals surface area (Å²) in [5, 5.41) is 2.51. The first-order valence-corrected chi connectivity index (χ1v) is 9.11. The number of aryl methyl sites for hydroxylation is 1. The molecule has 0 saturated carbocycles. The smallest absolute Gasteiger partial charge is 0.339 e. The molecule has 0 radical (unpaired) electrons. The highest BCUT2D eigenvalue weighted by Crippen LogP contribution is 2.36. The molecule has 1 aliphatic rings. The summed E-state index contributed by atoms with van der Waals surface area (Å²) >= 11 is 1.41. The maximum Gasteiger partial charge on any atom is 0.339 e. The summed E-state index contributed by atoms with van der Waals surface area (Å²) in [5.74, 6) is -0.546. The minimum absolute atomic E-state index is 0.0657. The van der Waals surface area contributed by atoms with Crippen LogP contribution in [-0.4, -0.2) is 16.9 Å². The van der Waals surface area contributed by atoms with Crippen LogP contribution in [0.15, 0.2) is 60.0 Å². The SMILES string of the molecule is Cc1csc(N(C(=O)CC2OC(=O)c3ccccc32)c2ccccc2)n1. The Balaban J connectivity index is 1.65. The minimum atomic E-state index is -0.571. The van der Waals surface area contributed by atoms with Crippen LogP contribution in [0.3, 0.4) is 0 Å². The Morgan fingerprint density at radius 3 is 2.62 bits per heavy atom. The second-order valence-corrected chi connectivity index (χ2v) is 6.86. The summed E-state index contributed by atoms with van der Waals surface area (Å²) in [4.78, 5) is 31.2. The number of esters is 1. The number of carbonyl (C=O) groups excluding carboxylic acids is 2. The largest absolute Gasteiger partial charge is 0.453 e. The third kappa shape index (κ3) is 2.99. The number of ether oxygens (including phenoxy) is 1. The molecule has 0 N–H and O–H groups in total. The summed E-state index contributed by atoms with van der Waals surface area (Å²) in [6, 6.07) is 16.6. The Labute approximate surface area is 154 Å². The fraction of sp³-hybridized carbons (Fsp3) is 0.150. The van der Waals surface area contributed by atoms with Gasteiger partial charge in [0.1, 0.15) is 6.10 Å². The van der Waals surface area contributed by atoms with Crippen LogP contribution in [0.2, 0.25) is 0 Å². The lowest BCUT2D eigenvalue weighted by Crippen LogP contribution is -2.27. The van der Waals surface area contributed by atoms with Crippen LogP contribution < -0.4 is 4.90 Å². The Morgan fingerprint density at radius 2 is 1.88 bits per heavy atom.